The highest BCUT2D eigenvalue weighted by molar-refractivity contribution is 5.94. The summed E-state index contributed by atoms with van der Waals surface area (Å²) in [6.07, 6.45) is 0.880. The van der Waals surface area contributed by atoms with E-state index in [1.807, 2.05) is 51.1 Å². The summed E-state index contributed by atoms with van der Waals surface area (Å²) in [6, 6.07) is 9.69. The Morgan fingerprint density at radius 3 is 2.57 bits per heavy atom. The van der Waals surface area contributed by atoms with Crippen LogP contribution in [0.2, 0.25) is 0 Å². The Bertz CT molecular complexity index is 498. The molecule has 114 valence electrons. The van der Waals surface area contributed by atoms with Gasteiger partial charge in [-0.3, -0.25) is 4.79 Å². The zero-order valence-electron chi connectivity index (χ0n) is 12.9. The molecule has 2 unspecified atom stereocenters. The molecule has 2 atom stereocenters. The fourth-order valence-corrected chi connectivity index (χ4v) is 2.88. The van der Waals surface area contributed by atoms with Crippen molar-refractivity contribution < 1.29 is 14.3 Å². The van der Waals surface area contributed by atoms with Gasteiger partial charge < -0.3 is 4.74 Å². The molecule has 0 spiro atoms. The zero-order valence-corrected chi connectivity index (χ0v) is 12.9. The highest BCUT2D eigenvalue weighted by atomic mass is 16.6. The second kappa shape index (κ2) is 6.74. The lowest BCUT2D eigenvalue weighted by Crippen LogP contribution is -2.44. The summed E-state index contributed by atoms with van der Waals surface area (Å²) in [5, 5.41) is 0. The van der Waals surface area contributed by atoms with E-state index in [4.69, 9.17) is 4.74 Å². The molecule has 1 aromatic rings. The number of rotatable bonds is 5. The highest BCUT2D eigenvalue weighted by Gasteiger charge is 2.40. The summed E-state index contributed by atoms with van der Waals surface area (Å²) in [6.45, 7) is 6.30. The predicted molar refractivity (Wildman–Crippen MR) is 80.7 cm³/mol. The Hall–Kier alpha value is -1.84. The van der Waals surface area contributed by atoms with Gasteiger partial charge in [0.2, 0.25) is 5.91 Å². The van der Waals surface area contributed by atoms with Crippen LogP contribution in [0.25, 0.3) is 0 Å². The van der Waals surface area contributed by atoms with Gasteiger partial charge in [-0.2, -0.15) is 0 Å². The molecule has 0 saturated carbocycles. The Balaban J connectivity index is 2.15. The third kappa shape index (κ3) is 3.43. The van der Waals surface area contributed by atoms with Crippen molar-refractivity contribution in [2.75, 3.05) is 6.61 Å². The summed E-state index contributed by atoms with van der Waals surface area (Å²) in [7, 11) is 0. The van der Waals surface area contributed by atoms with E-state index in [2.05, 4.69) is 0 Å². The number of carbonyl (C=O) groups excluding carboxylic acids is 2. The van der Waals surface area contributed by atoms with Crippen molar-refractivity contribution in [2.24, 2.45) is 11.8 Å². The first kappa shape index (κ1) is 15.5. The number of hydrogen-bond acceptors (Lipinski definition) is 3. The largest absolute Gasteiger partial charge is 0.447 e. The first-order valence-corrected chi connectivity index (χ1v) is 7.58. The lowest BCUT2D eigenvalue weighted by atomic mass is 9.91. The molecule has 21 heavy (non-hydrogen) atoms. The van der Waals surface area contributed by atoms with Crippen molar-refractivity contribution >= 4 is 12.0 Å². The van der Waals surface area contributed by atoms with Gasteiger partial charge in [0.05, 0.1) is 6.04 Å². The molecule has 0 bridgehead atoms. The number of ether oxygens (including phenoxy) is 1. The molecule has 4 nitrogen and oxygen atoms in total. The first-order valence-electron chi connectivity index (χ1n) is 7.58. The lowest BCUT2D eigenvalue weighted by Gasteiger charge is -2.26. The van der Waals surface area contributed by atoms with Gasteiger partial charge in [-0.1, -0.05) is 51.1 Å². The molecule has 4 heteroatoms. The lowest BCUT2D eigenvalue weighted by molar-refractivity contribution is -0.134. The summed E-state index contributed by atoms with van der Waals surface area (Å²) < 4.78 is 5.11. The Labute approximate surface area is 126 Å². The molecule has 1 aromatic carbocycles. The zero-order chi connectivity index (χ0) is 15.4. The molecule has 0 N–H and O–H groups in total. The minimum atomic E-state index is -0.500. The van der Waals surface area contributed by atoms with Crippen molar-refractivity contribution in [3.8, 4) is 0 Å². The van der Waals surface area contributed by atoms with Crippen LogP contribution in [0.1, 0.15) is 32.8 Å². The number of cyclic esters (lactones) is 1. The van der Waals surface area contributed by atoms with Crippen LogP contribution in [-0.4, -0.2) is 29.5 Å². The van der Waals surface area contributed by atoms with Crippen LogP contribution < -0.4 is 0 Å². The van der Waals surface area contributed by atoms with Crippen LogP contribution >= 0.6 is 0 Å². The van der Waals surface area contributed by atoms with Gasteiger partial charge in [-0.25, -0.2) is 9.69 Å². The SMILES string of the molecule is CCC(C(=O)N1C(=O)OCC1Cc1ccccc1)C(C)C. The molecule has 0 radical (unpaired) electrons. The van der Waals surface area contributed by atoms with Gasteiger partial charge >= 0.3 is 6.09 Å². The van der Waals surface area contributed by atoms with E-state index in [0.717, 1.165) is 12.0 Å². The second-order valence-electron chi connectivity index (χ2n) is 5.89. The van der Waals surface area contributed by atoms with Crippen molar-refractivity contribution in [1.82, 2.24) is 4.90 Å². The van der Waals surface area contributed by atoms with E-state index in [9.17, 15) is 9.59 Å². The minimum absolute atomic E-state index is 0.101. The molecule has 1 aliphatic heterocycles. The fraction of sp³-hybridized carbons (Fsp3) is 0.529. The fourth-order valence-electron chi connectivity index (χ4n) is 2.88. The molecule has 1 fully saturated rings. The molecule has 0 aliphatic carbocycles. The van der Waals surface area contributed by atoms with Gasteiger partial charge in [0, 0.05) is 5.92 Å². The average Bonchev–Trinajstić information content (AvgIpc) is 2.81. The molecule has 2 amide bonds. The van der Waals surface area contributed by atoms with Gasteiger partial charge in [0.15, 0.2) is 0 Å². The van der Waals surface area contributed by atoms with Crippen LogP contribution in [0.5, 0.6) is 0 Å². The number of nitrogens with zero attached hydrogens (tertiary/aromatic N) is 1. The van der Waals surface area contributed by atoms with Crippen LogP contribution in [-0.2, 0) is 16.0 Å². The molecule has 1 saturated heterocycles. The summed E-state index contributed by atoms with van der Waals surface area (Å²) in [5.41, 5.74) is 1.11. The Morgan fingerprint density at radius 1 is 1.33 bits per heavy atom. The van der Waals surface area contributed by atoms with Gasteiger partial charge in [-0.05, 0) is 24.3 Å². The Kier molecular flexibility index (Phi) is 4.99. The molecular weight excluding hydrogens is 266 g/mol. The highest BCUT2D eigenvalue weighted by Crippen LogP contribution is 2.24. The molecule has 2 rings (SSSR count). The van der Waals surface area contributed by atoms with Gasteiger partial charge in [-0.15, -0.1) is 0 Å². The topological polar surface area (TPSA) is 46.6 Å². The molecule has 0 aromatic heterocycles. The van der Waals surface area contributed by atoms with E-state index in [1.54, 1.807) is 0 Å². The Morgan fingerprint density at radius 2 is 2.00 bits per heavy atom. The quantitative estimate of drug-likeness (QED) is 0.836. The normalized spacial score (nSPS) is 19.7. The number of carbonyl (C=O) groups is 2. The smallest absolute Gasteiger partial charge is 0.416 e. The number of benzene rings is 1. The standard InChI is InChI=1S/C17H23NO3/c1-4-15(12(2)3)16(19)18-14(11-21-17(18)20)10-13-8-6-5-7-9-13/h5-9,12,14-15H,4,10-11H2,1-3H3. The van der Waals surface area contributed by atoms with Crippen LogP contribution in [0.4, 0.5) is 4.79 Å². The maximum absolute atomic E-state index is 12.7. The van der Waals surface area contributed by atoms with E-state index < -0.39 is 6.09 Å². The maximum Gasteiger partial charge on any atom is 0.416 e. The predicted octanol–water partition coefficient (Wildman–Crippen LogP) is 3.26. The summed E-state index contributed by atoms with van der Waals surface area (Å²) in [4.78, 5) is 25.9. The summed E-state index contributed by atoms with van der Waals surface area (Å²) >= 11 is 0. The van der Waals surface area contributed by atoms with E-state index >= 15 is 0 Å². The molecule has 1 heterocycles. The van der Waals surface area contributed by atoms with Crippen molar-refractivity contribution in [3.05, 3.63) is 35.9 Å². The third-order valence-electron chi connectivity index (χ3n) is 4.07. The number of hydrogen-bond donors (Lipinski definition) is 0. The van der Waals surface area contributed by atoms with Gasteiger partial charge in [0.25, 0.3) is 0 Å². The number of imide groups is 1. The van der Waals surface area contributed by atoms with Crippen LogP contribution in [0.15, 0.2) is 30.3 Å². The second-order valence-corrected chi connectivity index (χ2v) is 5.89. The van der Waals surface area contributed by atoms with Crippen molar-refractivity contribution in [1.29, 1.82) is 0 Å². The third-order valence-corrected chi connectivity index (χ3v) is 4.07. The van der Waals surface area contributed by atoms with E-state index in [1.165, 1.54) is 4.90 Å². The minimum Gasteiger partial charge on any atom is -0.447 e. The maximum atomic E-state index is 12.7. The van der Waals surface area contributed by atoms with Crippen molar-refractivity contribution in [3.63, 3.8) is 0 Å². The summed E-state index contributed by atoms with van der Waals surface area (Å²) in [5.74, 6) is -0.0156. The molecule has 1 aliphatic rings. The van der Waals surface area contributed by atoms with E-state index in [0.29, 0.717) is 6.42 Å². The monoisotopic (exact) mass is 289 g/mol. The first-order chi connectivity index (χ1) is 10.0. The number of amides is 2. The average molecular weight is 289 g/mol. The molecular formula is C17H23NO3. The van der Waals surface area contributed by atoms with Crippen LogP contribution in [0, 0.1) is 11.8 Å². The van der Waals surface area contributed by atoms with E-state index in [-0.39, 0.29) is 30.4 Å². The van der Waals surface area contributed by atoms with Crippen LogP contribution in [0.3, 0.4) is 0 Å². The van der Waals surface area contributed by atoms with Crippen molar-refractivity contribution in [2.45, 2.75) is 39.7 Å². The van der Waals surface area contributed by atoms with Gasteiger partial charge in [0.1, 0.15) is 6.61 Å².